The van der Waals surface area contributed by atoms with Crippen LogP contribution in [0.5, 0.6) is 17.5 Å². The van der Waals surface area contributed by atoms with E-state index in [0.717, 1.165) is 63.4 Å². The van der Waals surface area contributed by atoms with Gasteiger partial charge < -0.3 is 30.1 Å². The van der Waals surface area contributed by atoms with Crippen LogP contribution in [-0.2, 0) is 32.2 Å². The lowest BCUT2D eigenvalue weighted by atomic mass is 9.90. The van der Waals surface area contributed by atoms with Gasteiger partial charge in [-0.3, -0.25) is 9.47 Å². The first-order valence-electron chi connectivity index (χ1n) is 13.9. The van der Waals surface area contributed by atoms with Crippen molar-refractivity contribution in [3.05, 3.63) is 70.5 Å². The molecular weight excluding hydrogens is 501 g/mol. The minimum atomic E-state index is -0.937. The number of rotatable bonds is 7. The summed E-state index contributed by atoms with van der Waals surface area (Å²) in [5.41, 5.74) is 4.47. The molecule has 1 aromatic heterocycles. The van der Waals surface area contributed by atoms with E-state index in [1.165, 1.54) is 21.8 Å². The van der Waals surface area contributed by atoms with Crippen molar-refractivity contribution in [3.63, 3.8) is 0 Å². The molecular formula is C30H36FN3O5. The van der Waals surface area contributed by atoms with Gasteiger partial charge in [-0.25, -0.2) is 4.39 Å². The van der Waals surface area contributed by atoms with Gasteiger partial charge in [0.25, 0.3) is 0 Å². The van der Waals surface area contributed by atoms with Crippen LogP contribution in [0.4, 0.5) is 10.1 Å². The van der Waals surface area contributed by atoms with Crippen LogP contribution >= 0.6 is 0 Å². The molecule has 0 amide bonds. The van der Waals surface area contributed by atoms with Gasteiger partial charge in [-0.05, 0) is 36.2 Å². The van der Waals surface area contributed by atoms with Crippen molar-refractivity contribution < 1.29 is 29.6 Å². The molecule has 3 aromatic rings. The Kier molecular flexibility index (Phi) is 7.14. The van der Waals surface area contributed by atoms with Crippen LogP contribution in [-0.4, -0.2) is 80.9 Å². The number of aliphatic hydroxyl groups excluding tert-OH is 2. The quantitative estimate of drug-likeness (QED) is 0.368. The van der Waals surface area contributed by atoms with Gasteiger partial charge in [0, 0.05) is 75.6 Å². The second kappa shape index (κ2) is 10.7. The maximum Gasteiger partial charge on any atom is 0.197 e. The molecule has 4 N–H and O–H groups in total. The molecule has 0 radical (unpaired) electrons. The van der Waals surface area contributed by atoms with Gasteiger partial charge in [-0.1, -0.05) is 24.3 Å². The predicted octanol–water partition coefficient (Wildman–Crippen LogP) is 2.62. The van der Waals surface area contributed by atoms with Crippen molar-refractivity contribution in [1.29, 1.82) is 0 Å². The van der Waals surface area contributed by atoms with E-state index in [0.29, 0.717) is 17.7 Å². The molecule has 6 rings (SSSR count). The Hall–Kier alpha value is -3.27. The average Bonchev–Trinajstić information content (AvgIpc) is 3.44. The summed E-state index contributed by atoms with van der Waals surface area (Å²) >= 11 is 0. The van der Waals surface area contributed by atoms with Crippen LogP contribution in [0.25, 0.3) is 0 Å². The Labute approximate surface area is 227 Å². The lowest BCUT2D eigenvalue weighted by Crippen LogP contribution is -2.47. The molecule has 0 bridgehead atoms. The van der Waals surface area contributed by atoms with Gasteiger partial charge in [0.05, 0.1) is 17.9 Å². The number of fused-ring (bicyclic) bond motifs is 2. The number of aromatic hydroxyl groups is 2. The minimum absolute atomic E-state index is 0.0257. The molecule has 3 aliphatic rings. The first-order chi connectivity index (χ1) is 18.9. The van der Waals surface area contributed by atoms with Crippen LogP contribution in [0, 0.1) is 5.82 Å². The van der Waals surface area contributed by atoms with Crippen LogP contribution < -0.4 is 9.64 Å². The molecule has 2 aliphatic carbocycles. The van der Waals surface area contributed by atoms with Gasteiger partial charge in [0.1, 0.15) is 17.7 Å². The van der Waals surface area contributed by atoms with Crippen molar-refractivity contribution >= 4 is 5.69 Å². The molecule has 2 aromatic carbocycles. The van der Waals surface area contributed by atoms with Gasteiger partial charge in [-0.2, -0.15) is 0 Å². The van der Waals surface area contributed by atoms with Crippen LogP contribution in [0.3, 0.4) is 0 Å². The van der Waals surface area contributed by atoms with E-state index in [4.69, 9.17) is 4.74 Å². The second-order valence-corrected chi connectivity index (χ2v) is 11.0. The summed E-state index contributed by atoms with van der Waals surface area (Å²) in [6.07, 6.45) is 0.869. The van der Waals surface area contributed by atoms with Gasteiger partial charge in [-0.15, -0.1) is 0 Å². The zero-order valence-electron chi connectivity index (χ0n) is 22.0. The Morgan fingerprint density at radius 1 is 0.795 bits per heavy atom. The number of hydrogen-bond donors (Lipinski definition) is 4. The number of ether oxygens (including phenoxy) is 1. The third-order valence-corrected chi connectivity index (χ3v) is 8.48. The monoisotopic (exact) mass is 537 g/mol. The summed E-state index contributed by atoms with van der Waals surface area (Å²) in [6, 6.07) is 13.2. The summed E-state index contributed by atoms with van der Waals surface area (Å²) in [4.78, 5) is 4.51. The molecule has 2 heterocycles. The maximum absolute atomic E-state index is 14.3. The van der Waals surface area contributed by atoms with Crippen molar-refractivity contribution in [2.75, 3.05) is 37.6 Å². The number of piperazine rings is 1. The number of hydrogen-bond acceptors (Lipinski definition) is 7. The number of anilines is 1. The van der Waals surface area contributed by atoms with Crippen LogP contribution in [0.2, 0.25) is 0 Å². The first-order valence-corrected chi connectivity index (χ1v) is 13.9. The highest BCUT2D eigenvalue weighted by molar-refractivity contribution is 5.59. The molecule has 9 heteroatoms. The summed E-state index contributed by atoms with van der Waals surface area (Å²) in [7, 11) is 0. The van der Waals surface area contributed by atoms with Crippen molar-refractivity contribution in [3.8, 4) is 17.5 Å². The van der Waals surface area contributed by atoms with Gasteiger partial charge in [0.15, 0.2) is 11.8 Å². The summed E-state index contributed by atoms with van der Waals surface area (Å²) in [6.45, 7) is 4.33. The molecule has 0 saturated carbocycles. The molecule has 8 nitrogen and oxygen atoms in total. The van der Waals surface area contributed by atoms with E-state index in [1.54, 1.807) is 12.1 Å². The fraction of sp³-hybridized carbons (Fsp3) is 0.467. The van der Waals surface area contributed by atoms with Gasteiger partial charge >= 0.3 is 0 Å². The average molecular weight is 538 g/mol. The van der Waals surface area contributed by atoms with Crippen molar-refractivity contribution in [2.24, 2.45) is 0 Å². The van der Waals surface area contributed by atoms with Crippen molar-refractivity contribution in [1.82, 2.24) is 9.47 Å². The molecule has 0 spiro atoms. The fourth-order valence-electron chi connectivity index (χ4n) is 6.31. The van der Waals surface area contributed by atoms with E-state index >= 15 is 0 Å². The number of nitrogens with zero attached hydrogens (tertiary/aromatic N) is 3. The van der Waals surface area contributed by atoms with E-state index in [2.05, 4.69) is 34.1 Å². The summed E-state index contributed by atoms with van der Waals surface area (Å²) < 4.78 is 22.1. The lowest BCUT2D eigenvalue weighted by molar-refractivity contribution is 0.0136. The zero-order chi connectivity index (χ0) is 27.1. The largest absolute Gasteiger partial charge is 0.494 e. The Morgan fingerprint density at radius 2 is 1.41 bits per heavy atom. The standard InChI is InChI=1S/C30H36FN3O5/c31-21-6-7-28(39-22-14-19-4-1-2-5-20(19)15-22)25(16-21)33-12-10-32(11-13-33)8-3-9-34-29(37)23-17-26(35)27(36)18-24(23)30(34)38/h1-2,4-7,16,22,26-27,35-38H,3,8-15,17-18H2. The van der Waals surface area contributed by atoms with E-state index in [1.807, 2.05) is 0 Å². The van der Waals surface area contributed by atoms with Crippen LogP contribution in [0.1, 0.15) is 28.7 Å². The predicted molar refractivity (Wildman–Crippen MR) is 145 cm³/mol. The highest BCUT2D eigenvalue weighted by Crippen LogP contribution is 2.39. The molecule has 2 atom stereocenters. The molecule has 1 aliphatic heterocycles. The fourth-order valence-corrected chi connectivity index (χ4v) is 6.31. The molecule has 39 heavy (non-hydrogen) atoms. The number of halogens is 1. The van der Waals surface area contributed by atoms with Crippen LogP contribution in [0.15, 0.2) is 42.5 Å². The topological polar surface area (TPSA) is 102 Å². The normalized spacial score (nSPS) is 21.7. The Balaban J connectivity index is 1.04. The lowest BCUT2D eigenvalue weighted by Gasteiger charge is -2.37. The Bertz CT molecular complexity index is 1280. The van der Waals surface area contributed by atoms with E-state index in [-0.39, 0.29) is 36.5 Å². The smallest absolute Gasteiger partial charge is 0.197 e. The van der Waals surface area contributed by atoms with Gasteiger partial charge in [0.2, 0.25) is 0 Å². The number of benzene rings is 2. The first kappa shape index (κ1) is 26.0. The SMILES string of the molecule is Oc1c2c(c(O)n1CCCN1CCN(c3cc(F)ccc3OC3Cc4ccccc4C3)CC1)CC(O)C(O)C2. The molecule has 1 saturated heterocycles. The maximum atomic E-state index is 14.3. The zero-order valence-corrected chi connectivity index (χ0v) is 22.0. The third kappa shape index (κ3) is 5.18. The van der Waals surface area contributed by atoms with E-state index < -0.39 is 12.2 Å². The summed E-state index contributed by atoms with van der Waals surface area (Å²) in [5, 5.41) is 41.1. The highest BCUT2D eigenvalue weighted by atomic mass is 19.1. The molecule has 2 unspecified atom stereocenters. The van der Waals surface area contributed by atoms with E-state index in [9.17, 15) is 24.8 Å². The minimum Gasteiger partial charge on any atom is -0.494 e. The highest BCUT2D eigenvalue weighted by Gasteiger charge is 2.33. The van der Waals surface area contributed by atoms with Crippen molar-refractivity contribution in [2.45, 2.75) is 57.0 Å². The molecule has 208 valence electrons. The summed E-state index contributed by atoms with van der Waals surface area (Å²) in [5.74, 6) is 0.397. The Morgan fingerprint density at radius 3 is 2.03 bits per heavy atom. The second-order valence-electron chi connectivity index (χ2n) is 11.0. The third-order valence-electron chi connectivity index (χ3n) is 8.48. The molecule has 1 fully saturated rings. The number of aliphatic hydroxyl groups is 2. The number of aromatic nitrogens is 1.